The Morgan fingerprint density at radius 1 is 1.06 bits per heavy atom. The van der Waals surface area contributed by atoms with Gasteiger partial charge < -0.3 is 10.1 Å². The summed E-state index contributed by atoms with van der Waals surface area (Å²) in [5, 5.41) is 4.29. The molecule has 1 N–H and O–H groups in total. The van der Waals surface area contributed by atoms with Gasteiger partial charge in [-0.2, -0.15) is 13.2 Å². The van der Waals surface area contributed by atoms with Crippen LogP contribution < -0.4 is 5.32 Å². The minimum absolute atomic E-state index is 0.116. The van der Waals surface area contributed by atoms with Crippen molar-refractivity contribution in [2.24, 2.45) is 0 Å². The number of carbonyl (C=O) groups excluding carboxylic acids is 2. The van der Waals surface area contributed by atoms with Crippen LogP contribution in [0.2, 0.25) is 0 Å². The third-order valence-corrected chi connectivity index (χ3v) is 5.69. The minimum Gasteiger partial charge on any atom is -0.462 e. The maximum absolute atomic E-state index is 13.3. The Hall–Kier alpha value is -3.13. The van der Waals surface area contributed by atoms with E-state index in [-0.39, 0.29) is 17.2 Å². The molecule has 1 amide bonds. The summed E-state index contributed by atoms with van der Waals surface area (Å²) in [6.07, 6.45) is -4.68. The summed E-state index contributed by atoms with van der Waals surface area (Å²) in [4.78, 5) is 25.4. The number of benzene rings is 2. The molecule has 4 nitrogen and oxygen atoms in total. The third kappa shape index (κ3) is 4.80. The number of rotatable bonds is 5. The first-order chi connectivity index (χ1) is 14.6. The van der Waals surface area contributed by atoms with Gasteiger partial charge in [0.2, 0.25) is 0 Å². The summed E-state index contributed by atoms with van der Waals surface area (Å²) >= 11 is 1.06. The van der Waals surface area contributed by atoms with Crippen LogP contribution in [0.5, 0.6) is 0 Å². The second kappa shape index (κ2) is 8.93. The number of thiophene rings is 1. The van der Waals surface area contributed by atoms with Gasteiger partial charge in [0.25, 0.3) is 5.91 Å². The van der Waals surface area contributed by atoms with E-state index in [0.717, 1.165) is 40.2 Å². The molecule has 0 aliphatic heterocycles. The third-order valence-electron chi connectivity index (χ3n) is 4.79. The van der Waals surface area contributed by atoms with Crippen LogP contribution in [0.25, 0.3) is 11.1 Å². The first kappa shape index (κ1) is 22.6. The molecule has 0 radical (unpaired) electrons. The molecule has 0 saturated heterocycles. The number of ether oxygens (including phenoxy) is 1. The highest BCUT2D eigenvalue weighted by Crippen LogP contribution is 2.38. The van der Waals surface area contributed by atoms with Crippen LogP contribution in [0.4, 0.5) is 18.2 Å². The van der Waals surface area contributed by atoms with Gasteiger partial charge in [-0.05, 0) is 49.6 Å². The van der Waals surface area contributed by atoms with E-state index in [9.17, 15) is 22.8 Å². The number of esters is 1. The van der Waals surface area contributed by atoms with E-state index in [1.54, 1.807) is 12.3 Å². The lowest BCUT2D eigenvalue weighted by Crippen LogP contribution is -2.19. The smallest absolute Gasteiger partial charge is 0.417 e. The van der Waals surface area contributed by atoms with Crippen LogP contribution in [-0.4, -0.2) is 18.5 Å². The molecule has 1 aromatic heterocycles. The second-order valence-corrected chi connectivity index (χ2v) is 7.75. The van der Waals surface area contributed by atoms with Gasteiger partial charge in [-0.1, -0.05) is 30.3 Å². The van der Waals surface area contributed by atoms with Gasteiger partial charge in [-0.3, -0.25) is 4.79 Å². The number of amides is 1. The number of alkyl halides is 3. The monoisotopic (exact) mass is 447 g/mol. The van der Waals surface area contributed by atoms with Gasteiger partial charge in [0.1, 0.15) is 10.6 Å². The molecular formula is C23H20F3NO3S. The molecule has 0 fully saturated rings. The van der Waals surface area contributed by atoms with Crippen molar-refractivity contribution in [2.45, 2.75) is 26.9 Å². The van der Waals surface area contributed by atoms with Crippen LogP contribution in [0.3, 0.4) is 0 Å². The molecule has 0 bridgehead atoms. The molecule has 3 rings (SSSR count). The van der Waals surface area contributed by atoms with Gasteiger partial charge in [0, 0.05) is 10.9 Å². The van der Waals surface area contributed by atoms with Crippen LogP contribution in [0.15, 0.2) is 47.8 Å². The topological polar surface area (TPSA) is 55.4 Å². The van der Waals surface area contributed by atoms with Crippen molar-refractivity contribution in [1.82, 2.24) is 0 Å². The predicted molar refractivity (Wildman–Crippen MR) is 115 cm³/mol. The number of hydrogen-bond acceptors (Lipinski definition) is 4. The zero-order valence-electron chi connectivity index (χ0n) is 17.1. The van der Waals surface area contributed by atoms with Crippen molar-refractivity contribution in [3.8, 4) is 11.1 Å². The van der Waals surface area contributed by atoms with Crippen molar-refractivity contribution in [1.29, 1.82) is 0 Å². The standard InChI is InChI=1S/C23H20F3NO3S/c1-4-30-22(29)19-17(15-10-9-13(2)14(3)11-15)12-31-21(19)27-20(28)16-7-5-6-8-18(16)23(24,25)26/h5-12H,4H2,1-3H3,(H,27,28). The minimum atomic E-state index is -4.68. The summed E-state index contributed by atoms with van der Waals surface area (Å²) < 4.78 is 45.0. The Kier molecular flexibility index (Phi) is 6.50. The molecule has 0 aliphatic carbocycles. The lowest BCUT2D eigenvalue weighted by molar-refractivity contribution is -0.137. The number of hydrogen-bond donors (Lipinski definition) is 1. The van der Waals surface area contributed by atoms with E-state index >= 15 is 0 Å². The van der Waals surface area contributed by atoms with Crippen molar-refractivity contribution in [3.63, 3.8) is 0 Å². The molecule has 2 aromatic carbocycles. The molecule has 0 spiro atoms. The van der Waals surface area contributed by atoms with Gasteiger partial charge >= 0.3 is 12.1 Å². The average Bonchev–Trinajstić information content (AvgIpc) is 3.13. The van der Waals surface area contributed by atoms with Crippen LogP contribution in [-0.2, 0) is 10.9 Å². The molecule has 31 heavy (non-hydrogen) atoms. The summed E-state index contributed by atoms with van der Waals surface area (Å²) in [6, 6.07) is 10.2. The molecule has 0 atom stereocenters. The Balaban J connectivity index is 2.04. The maximum atomic E-state index is 13.3. The lowest BCUT2D eigenvalue weighted by atomic mass is 9.99. The first-order valence-corrected chi connectivity index (χ1v) is 10.3. The molecule has 162 valence electrons. The van der Waals surface area contributed by atoms with Gasteiger partial charge in [-0.25, -0.2) is 4.79 Å². The number of anilines is 1. The summed E-state index contributed by atoms with van der Waals surface area (Å²) in [7, 11) is 0. The number of halogens is 3. The van der Waals surface area contributed by atoms with Crippen molar-refractivity contribution < 1.29 is 27.5 Å². The number of carbonyl (C=O) groups is 2. The van der Waals surface area contributed by atoms with Crippen LogP contribution in [0, 0.1) is 13.8 Å². The maximum Gasteiger partial charge on any atom is 0.417 e. The quantitative estimate of drug-likeness (QED) is 0.456. The summed E-state index contributed by atoms with van der Waals surface area (Å²) in [6.45, 7) is 5.66. The van der Waals surface area contributed by atoms with E-state index in [1.165, 1.54) is 12.1 Å². The molecule has 0 aliphatic rings. The Bertz CT molecular complexity index is 1140. The molecular weight excluding hydrogens is 427 g/mol. The molecule has 1 heterocycles. The fraction of sp³-hybridized carbons (Fsp3) is 0.217. The molecule has 0 unspecified atom stereocenters. The van der Waals surface area contributed by atoms with E-state index in [0.29, 0.717) is 5.56 Å². The summed E-state index contributed by atoms with van der Waals surface area (Å²) in [5.41, 5.74) is 1.94. The van der Waals surface area contributed by atoms with Gasteiger partial charge in [-0.15, -0.1) is 11.3 Å². The van der Waals surface area contributed by atoms with Gasteiger partial charge in [0.05, 0.1) is 17.7 Å². The fourth-order valence-electron chi connectivity index (χ4n) is 3.08. The van der Waals surface area contributed by atoms with Crippen LogP contribution in [0.1, 0.15) is 44.3 Å². The average molecular weight is 447 g/mol. The normalized spacial score (nSPS) is 11.3. The van der Waals surface area contributed by atoms with E-state index in [1.807, 2.05) is 32.0 Å². The fourth-order valence-corrected chi connectivity index (χ4v) is 4.03. The Morgan fingerprint density at radius 3 is 2.42 bits per heavy atom. The van der Waals surface area contributed by atoms with Crippen molar-refractivity contribution in [3.05, 3.63) is 75.7 Å². The number of nitrogens with one attached hydrogen (secondary N) is 1. The molecule has 0 saturated carbocycles. The zero-order chi connectivity index (χ0) is 22.8. The number of aryl methyl sites for hydroxylation is 2. The van der Waals surface area contributed by atoms with Crippen molar-refractivity contribution >= 4 is 28.2 Å². The highest BCUT2D eigenvalue weighted by molar-refractivity contribution is 7.15. The highest BCUT2D eigenvalue weighted by atomic mass is 32.1. The van der Waals surface area contributed by atoms with Crippen molar-refractivity contribution in [2.75, 3.05) is 11.9 Å². The predicted octanol–water partition coefficient (Wildman–Crippen LogP) is 6.48. The van der Waals surface area contributed by atoms with Crippen LogP contribution >= 0.6 is 11.3 Å². The highest BCUT2D eigenvalue weighted by Gasteiger charge is 2.35. The largest absolute Gasteiger partial charge is 0.462 e. The molecule has 8 heteroatoms. The zero-order valence-corrected chi connectivity index (χ0v) is 17.9. The molecule has 3 aromatic rings. The lowest BCUT2D eigenvalue weighted by Gasteiger charge is -2.13. The first-order valence-electron chi connectivity index (χ1n) is 9.47. The Morgan fingerprint density at radius 2 is 1.77 bits per heavy atom. The van der Waals surface area contributed by atoms with E-state index in [2.05, 4.69) is 5.32 Å². The van der Waals surface area contributed by atoms with Gasteiger partial charge in [0.15, 0.2) is 0 Å². The Labute approximate surface area is 181 Å². The van der Waals surface area contributed by atoms with E-state index < -0.39 is 29.2 Å². The summed E-state index contributed by atoms with van der Waals surface area (Å²) in [5.74, 6) is -1.61. The van der Waals surface area contributed by atoms with E-state index in [4.69, 9.17) is 4.74 Å². The SMILES string of the molecule is CCOC(=O)c1c(-c2ccc(C)c(C)c2)csc1NC(=O)c1ccccc1C(F)(F)F. The second-order valence-electron chi connectivity index (χ2n) is 6.87.